The Morgan fingerprint density at radius 1 is 1.33 bits per heavy atom. The topological polar surface area (TPSA) is 84.5 Å². The molecule has 1 saturated heterocycles. The highest BCUT2D eigenvalue weighted by atomic mass is 35.5. The molecule has 0 atom stereocenters. The number of amides is 2. The first kappa shape index (κ1) is 16.6. The second-order valence-electron chi connectivity index (χ2n) is 5.91. The van der Waals surface area contributed by atoms with Crippen LogP contribution in [-0.2, 0) is 16.1 Å². The molecule has 2 aromatic rings. The lowest BCUT2D eigenvalue weighted by Gasteiger charge is -2.31. The number of hydrogen-bond donors (Lipinski definition) is 1. The number of carbonyl (C=O) groups excluding carboxylic acids is 2. The molecule has 2 heterocycles. The summed E-state index contributed by atoms with van der Waals surface area (Å²) in [7, 11) is 0. The summed E-state index contributed by atoms with van der Waals surface area (Å²) in [5.74, 6) is -0.792. The Balaban J connectivity index is 1.65. The van der Waals surface area contributed by atoms with Crippen molar-refractivity contribution < 1.29 is 14.0 Å². The van der Waals surface area contributed by atoms with E-state index < -0.39 is 5.76 Å². The highest BCUT2D eigenvalue weighted by molar-refractivity contribution is 6.31. The number of oxazole rings is 1. The number of nitrogens with one attached hydrogen (secondary N) is 1. The van der Waals surface area contributed by atoms with Crippen LogP contribution in [-0.4, -0.2) is 40.4 Å². The van der Waals surface area contributed by atoms with Gasteiger partial charge < -0.3 is 14.6 Å². The molecule has 3 rings (SSSR count). The lowest BCUT2D eigenvalue weighted by molar-refractivity contribution is -0.130. The number of rotatable bonds is 3. The van der Waals surface area contributed by atoms with Crippen molar-refractivity contribution in [3.63, 3.8) is 0 Å². The maximum Gasteiger partial charge on any atom is 0.420 e. The largest absolute Gasteiger partial charge is 0.420 e. The Hall–Kier alpha value is -2.28. The van der Waals surface area contributed by atoms with Crippen LogP contribution in [0.5, 0.6) is 0 Å². The molecule has 1 aromatic heterocycles. The molecular weight excluding hydrogens is 334 g/mol. The van der Waals surface area contributed by atoms with Gasteiger partial charge in [-0.3, -0.25) is 14.2 Å². The Labute approximate surface area is 143 Å². The molecule has 1 aliphatic rings. The monoisotopic (exact) mass is 351 g/mol. The standard InChI is InChI=1S/C16H18ClN3O4/c1-10(21)19-6-4-12(5-7-19)18-15(22)9-20-13-3-2-11(17)8-14(13)24-16(20)23/h2-3,8,12H,4-7,9H2,1H3,(H,18,22). The molecule has 0 unspecified atom stereocenters. The van der Waals surface area contributed by atoms with Gasteiger partial charge in [-0.05, 0) is 25.0 Å². The minimum absolute atomic E-state index is 0.0106. The third-order valence-electron chi connectivity index (χ3n) is 4.24. The van der Waals surface area contributed by atoms with Crippen LogP contribution < -0.4 is 11.1 Å². The number of likely N-dealkylation sites (tertiary alicyclic amines) is 1. The summed E-state index contributed by atoms with van der Waals surface area (Å²) in [6.45, 7) is 2.70. The van der Waals surface area contributed by atoms with Gasteiger partial charge in [0.25, 0.3) is 0 Å². The van der Waals surface area contributed by atoms with Crippen molar-refractivity contribution in [2.45, 2.75) is 32.4 Å². The van der Waals surface area contributed by atoms with Crippen molar-refractivity contribution in [2.75, 3.05) is 13.1 Å². The average molecular weight is 352 g/mol. The number of nitrogens with zero attached hydrogens (tertiary/aromatic N) is 2. The van der Waals surface area contributed by atoms with E-state index in [2.05, 4.69) is 5.32 Å². The molecule has 0 saturated carbocycles. The molecule has 128 valence electrons. The molecule has 1 aromatic carbocycles. The average Bonchev–Trinajstić information content (AvgIpc) is 2.82. The highest BCUT2D eigenvalue weighted by Crippen LogP contribution is 2.18. The van der Waals surface area contributed by atoms with E-state index in [4.69, 9.17) is 16.0 Å². The van der Waals surface area contributed by atoms with Gasteiger partial charge in [-0.15, -0.1) is 0 Å². The lowest BCUT2D eigenvalue weighted by atomic mass is 10.1. The third-order valence-corrected chi connectivity index (χ3v) is 4.47. The summed E-state index contributed by atoms with van der Waals surface area (Å²) >= 11 is 5.87. The molecule has 0 aliphatic carbocycles. The van der Waals surface area contributed by atoms with Crippen molar-refractivity contribution in [3.05, 3.63) is 33.8 Å². The molecular formula is C16H18ClN3O4. The molecule has 8 heteroatoms. The molecule has 1 N–H and O–H groups in total. The summed E-state index contributed by atoms with van der Waals surface area (Å²) in [6, 6.07) is 4.85. The van der Waals surface area contributed by atoms with Crippen molar-refractivity contribution in [1.82, 2.24) is 14.8 Å². The first-order chi connectivity index (χ1) is 11.4. The fraction of sp³-hybridized carbons (Fsp3) is 0.438. The van der Waals surface area contributed by atoms with Crippen molar-refractivity contribution in [1.29, 1.82) is 0 Å². The Bertz CT molecular complexity index is 833. The molecule has 2 amide bonds. The molecule has 24 heavy (non-hydrogen) atoms. The fourth-order valence-corrected chi connectivity index (χ4v) is 3.11. The van der Waals surface area contributed by atoms with Crippen LogP contribution in [0.1, 0.15) is 19.8 Å². The van der Waals surface area contributed by atoms with Gasteiger partial charge in [-0.25, -0.2) is 4.79 Å². The van der Waals surface area contributed by atoms with Gasteiger partial charge >= 0.3 is 5.76 Å². The summed E-state index contributed by atoms with van der Waals surface area (Å²) in [4.78, 5) is 37.2. The first-order valence-electron chi connectivity index (χ1n) is 7.78. The minimum atomic E-state index is -0.589. The first-order valence-corrected chi connectivity index (χ1v) is 8.15. The molecule has 0 bridgehead atoms. The number of aromatic nitrogens is 1. The Morgan fingerprint density at radius 2 is 2.04 bits per heavy atom. The van der Waals surface area contributed by atoms with Gasteiger partial charge in [0.2, 0.25) is 11.8 Å². The molecule has 1 fully saturated rings. The molecule has 0 spiro atoms. The van der Waals surface area contributed by atoms with Gasteiger partial charge in [0.15, 0.2) is 5.58 Å². The summed E-state index contributed by atoms with van der Waals surface area (Å²) < 4.78 is 6.39. The summed E-state index contributed by atoms with van der Waals surface area (Å²) in [5.41, 5.74) is 0.890. The van der Waals surface area contributed by atoms with Crippen LogP contribution in [0.15, 0.2) is 27.4 Å². The maximum atomic E-state index is 12.2. The van der Waals surface area contributed by atoms with Gasteiger partial charge in [0, 0.05) is 37.1 Å². The molecule has 1 aliphatic heterocycles. The number of fused-ring (bicyclic) bond motifs is 1. The van der Waals surface area contributed by atoms with Gasteiger partial charge in [-0.2, -0.15) is 0 Å². The number of benzene rings is 1. The number of halogens is 1. The number of piperidine rings is 1. The normalized spacial score (nSPS) is 15.7. The molecule has 7 nitrogen and oxygen atoms in total. The van der Waals surface area contributed by atoms with E-state index in [1.54, 1.807) is 30.0 Å². The predicted octanol–water partition coefficient (Wildman–Crippen LogP) is 1.37. The van der Waals surface area contributed by atoms with Crippen LogP contribution in [0.3, 0.4) is 0 Å². The van der Waals surface area contributed by atoms with E-state index >= 15 is 0 Å². The SMILES string of the molecule is CC(=O)N1CCC(NC(=O)Cn2c(=O)oc3cc(Cl)ccc32)CC1. The van der Waals surface area contributed by atoms with Gasteiger partial charge in [-0.1, -0.05) is 11.6 Å². The maximum absolute atomic E-state index is 12.2. The lowest BCUT2D eigenvalue weighted by Crippen LogP contribution is -2.47. The molecule has 0 radical (unpaired) electrons. The van der Waals surface area contributed by atoms with E-state index in [0.29, 0.717) is 42.1 Å². The summed E-state index contributed by atoms with van der Waals surface area (Å²) in [6.07, 6.45) is 1.42. The second-order valence-corrected chi connectivity index (χ2v) is 6.35. The second kappa shape index (κ2) is 6.68. The Kier molecular flexibility index (Phi) is 4.62. The van der Waals surface area contributed by atoms with E-state index in [0.717, 1.165) is 0 Å². The minimum Gasteiger partial charge on any atom is -0.408 e. The Morgan fingerprint density at radius 3 is 2.71 bits per heavy atom. The predicted molar refractivity (Wildman–Crippen MR) is 88.9 cm³/mol. The van der Waals surface area contributed by atoms with Gasteiger partial charge in [0.05, 0.1) is 5.52 Å². The van der Waals surface area contributed by atoms with E-state index in [-0.39, 0.29) is 24.4 Å². The van der Waals surface area contributed by atoms with Crippen molar-refractivity contribution >= 4 is 34.5 Å². The fourth-order valence-electron chi connectivity index (χ4n) is 2.95. The van der Waals surface area contributed by atoms with Gasteiger partial charge in [0.1, 0.15) is 6.54 Å². The third kappa shape index (κ3) is 3.46. The number of hydrogen-bond acceptors (Lipinski definition) is 4. The zero-order chi connectivity index (χ0) is 17.3. The van der Waals surface area contributed by atoms with E-state index in [1.165, 1.54) is 4.57 Å². The van der Waals surface area contributed by atoms with Crippen molar-refractivity contribution in [2.24, 2.45) is 0 Å². The van der Waals surface area contributed by atoms with Crippen LogP contribution in [0.4, 0.5) is 0 Å². The zero-order valence-corrected chi connectivity index (χ0v) is 14.0. The van der Waals surface area contributed by atoms with E-state index in [1.807, 2.05) is 0 Å². The summed E-state index contributed by atoms with van der Waals surface area (Å²) in [5, 5.41) is 3.38. The number of carbonyl (C=O) groups is 2. The smallest absolute Gasteiger partial charge is 0.408 e. The zero-order valence-electron chi connectivity index (χ0n) is 13.3. The van der Waals surface area contributed by atoms with Crippen LogP contribution in [0, 0.1) is 0 Å². The van der Waals surface area contributed by atoms with Crippen LogP contribution >= 0.6 is 11.6 Å². The van der Waals surface area contributed by atoms with E-state index in [9.17, 15) is 14.4 Å². The van der Waals surface area contributed by atoms with Crippen molar-refractivity contribution in [3.8, 4) is 0 Å². The highest BCUT2D eigenvalue weighted by Gasteiger charge is 2.22. The quantitative estimate of drug-likeness (QED) is 0.905. The van der Waals surface area contributed by atoms with Crippen LogP contribution in [0.25, 0.3) is 11.1 Å². The van der Waals surface area contributed by atoms with Crippen LogP contribution in [0.2, 0.25) is 5.02 Å².